The fourth-order valence-electron chi connectivity index (χ4n) is 4.18. The lowest BCUT2D eigenvalue weighted by Crippen LogP contribution is -2.25. The van der Waals surface area contributed by atoms with Crippen LogP contribution in [0.5, 0.6) is 0 Å². The number of hydrogen-bond acceptors (Lipinski definition) is 6. The van der Waals surface area contributed by atoms with Gasteiger partial charge in [0.05, 0.1) is 6.10 Å². The van der Waals surface area contributed by atoms with E-state index in [2.05, 4.69) is 39.0 Å². The number of unbranched alkanes of at least 4 members (excludes halogenated alkanes) is 9. The first kappa shape index (κ1) is 38.1. The molecule has 6 heteroatoms. The number of esters is 2. The third kappa shape index (κ3) is 27.6. The SMILES string of the molecule is CC/C=C/C/C=C/C=C/C(O)CCCCCCCC(=O)OC[C@@H](O)COC(=O)CCCCCCCCC(C)CC. The fraction of sp³-hybridized carbons (Fsp3) is 0.765. The molecular formula is C34H60O6. The lowest BCUT2D eigenvalue weighted by Gasteiger charge is -2.12. The highest BCUT2D eigenvalue weighted by Crippen LogP contribution is 2.15. The first-order valence-electron chi connectivity index (χ1n) is 16.0. The van der Waals surface area contributed by atoms with Crippen LogP contribution in [0.15, 0.2) is 36.5 Å². The standard InChI is InChI=1S/C34H60O6/c1-4-6-7-8-9-14-19-24-31(35)25-20-15-12-17-22-27-34(38)40-29-32(36)28-39-33(37)26-21-16-11-10-13-18-23-30(3)5-2/h6-7,9,14,19,24,30-32,35-36H,4-5,8,10-13,15-18,20-23,25-29H2,1-3H3/b7-6+,14-9+,24-19+/t30?,31?,32-/m0/s1. The third-order valence-corrected chi connectivity index (χ3v) is 7.03. The van der Waals surface area contributed by atoms with E-state index >= 15 is 0 Å². The van der Waals surface area contributed by atoms with E-state index in [-0.39, 0.29) is 25.2 Å². The normalized spacial score (nSPS) is 14.2. The number of carbonyl (C=O) groups excluding carboxylic acids is 2. The van der Waals surface area contributed by atoms with Crippen LogP contribution < -0.4 is 0 Å². The summed E-state index contributed by atoms with van der Waals surface area (Å²) >= 11 is 0. The molecule has 0 aliphatic heterocycles. The van der Waals surface area contributed by atoms with Gasteiger partial charge in [0, 0.05) is 12.8 Å². The summed E-state index contributed by atoms with van der Waals surface area (Å²) in [5, 5.41) is 19.9. The highest BCUT2D eigenvalue weighted by Gasteiger charge is 2.12. The van der Waals surface area contributed by atoms with Gasteiger partial charge in [-0.2, -0.15) is 0 Å². The summed E-state index contributed by atoms with van der Waals surface area (Å²) in [7, 11) is 0. The van der Waals surface area contributed by atoms with Crippen molar-refractivity contribution in [2.45, 2.75) is 149 Å². The van der Waals surface area contributed by atoms with Gasteiger partial charge in [0.15, 0.2) is 0 Å². The second kappa shape index (κ2) is 28.6. The summed E-state index contributed by atoms with van der Waals surface area (Å²) in [6.45, 7) is 6.36. The second-order valence-corrected chi connectivity index (χ2v) is 11.0. The van der Waals surface area contributed by atoms with Crippen molar-refractivity contribution in [3.8, 4) is 0 Å². The zero-order valence-electron chi connectivity index (χ0n) is 25.9. The number of rotatable bonds is 27. The quantitative estimate of drug-likeness (QED) is 0.0452. The van der Waals surface area contributed by atoms with Crippen LogP contribution in [0.3, 0.4) is 0 Å². The van der Waals surface area contributed by atoms with Gasteiger partial charge in [-0.25, -0.2) is 0 Å². The molecule has 0 saturated carbocycles. The maximum absolute atomic E-state index is 11.9. The highest BCUT2D eigenvalue weighted by molar-refractivity contribution is 5.69. The van der Waals surface area contributed by atoms with E-state index < -0.39 is 12.2 Å². The molecule has 0 rings (SSSR count). The van der Waals surface area contributed by atoms with Gasteiger partial charge in [-0.3, -0.25) is 9.59 Å². The van der Waals surface area contributed by atoms with Crippen LogP contribution in [0.1, 0.15) is 136 Å². The first-order chi connectivity index (χ1) is 19.4. The molecule has 3 atom stereocenters. The van der Waals surface area contributed by atoms with Crippen molar-refractivity contribution in [3.63, 3.8) is 0 Å². The Hall–Kier alpha value is -1.92. The van der Waals surface area contributed by atoms with Gasteiger partial charge >= 0.3 is 11.9 Å². The summed E-state index contributed by atoms with van der Waals surface area (Å²) in [6, 6.07) is 0. The molecule has 0 aromatic rings. The van der Waals surface area contributed by atoms with Crippen LogP contribution in [0.4, 0.5) is 0 Å². The monoisotopic (exact) mass is 564 g/mol. The Bertz CT molecular complexity index is 684. The lowest BCUT2D eigenvalue weighted by molar-refractivity contribution is -0.152. The minimum atomic E-state index is -0.993. The third-order valence-electron chi connectivity index (χ3n) is 7.03. The van der Waals surface area contributed by atoms with Gasteiger partial charge < -0.3 is 19.7 Å². The Kier molecular flexibility index (Phi) is 27.2. The van der Waals surface area contributed by atoms with Gasteiger partial charge in [-0.15, -0.1) is 0 Å². The molecule has 0 aromatic heterocycles. The van der Waals surface area contributed by atoms with Crippen LogP contribution in [-0.4, -0.2) is 47.6 Å². The Balaban J connectivity index is 3.59. The minimum absolute atomic E-state index is 0.143. The molecule has 0 amide bonds. The number of ether oxygens (including phenoxy) is 2. The topological polar surface area (TPSA) is 93.1 Å². The van der Waals surface area contributed by atoms with Crippen LogP contribution in [-0.2, 0) is 19.1 Å². The maximum atomic E-state index is 11.9. The molecule has 2 unspecified atom stereocenters. The fourth-order valence-corrected chi connectivity index (χ4v) is 4.18. The second-order valence-electron chi connectivity index (χ2n) is 11.0. The van der Waals surface area contributed by atoms with Crippen molar-refractivity contribution in [1.29, 1.82) is 0 Å². The Morgan fingerprint density at radius 3 is 1.75 bits per heavy atom. The Morgan fingerprint density at radius 1 is 0.675 bits per heavy atom. The van der Waals surface area contributed by atoms with Gasteiger partial charge in [0.1, 0.15) is 19.3 Å². The number of allylic oxidation sites excluding steroid dienone is 5. The van der Waals surface area contributed by atoms with Crippen molar-refractivity contribution in [2.75, 3.05) is 13.2 Å². The van der Waals surface area contributed by atoms with Crippen LogP contribution >= 0.6 is 0 Å². The van der Waals surface area contributed by atoms with Crippen LogP contribution in [0, 0.1) is 5.92 Å². The van der Waals surface area contributed by atoms with Crippen molar-refractivity contribution in [3.05, 3.63) is 36.5 Å². The number of aliphatic hydroxyl groups excluding tert-OH is 2. The molecule has 0 aliphatic carbocycles. The average molecular weight is 565 g/mol. The molecule has 0 aliphatic rings. The minimum Gasteiger partial charge on any atom is -0.463 e. The Labute approximate surface area is 245 Å². The summed E-state index contributed by atoms with van der Waals surface area (Å²) in [5.41, 5.74) is 0. The number of hydrogen-bond donors (Lipinski definition) is 2. The molecule has 0 fully saturated rings. The molecule has 40 heavy (non-hydrogen) atoms. The predicted octanol–water partition coefficient (Wildman–Crippen LogP) is 8.16. The van der Waals surface area contributed by atoms with Gasteiger partial charge in [0.25, 0.3) is 0 Å². The first-order valence-corrected chi connectivity index (χ1v) is 16.0. The van der Waals surface area contributed by atoms with E-state index in [4.69, 9.17) is 9.47 Å². The maximum Gasteiger partial charge on any atom is 0.305 e. The molecule has 232 valence electrons. The molecule has 2 N–H and O–H groups in total. The van der Waals surface area contributed by atoms with Crippen molar-refractivity contribution in [1.82, 2.24) is 0 Å². The van der Waals surface area contributed by atoms with E-state index in [0.717, 1.165) is 76.5 Å². The highest BCUT2D eigenvalue weighted by atomic mass is 16.6. The van der Waals surface area contributed by atoms with Gasteiger partial charge in [0.2, 0.25) is 0 Å². The van der Waals surface area contributed by atoms with Gasteiger partial charge in [-0.1, -0.05) is 128 Å². The average Bonchev–Trinajstić information content (AvgIpc) is 2.95. The lowest BCUT2D eigenvalue weighted by atomic mass is 10.00. The van der Waals surface area contributed by atoms with Crippen molar-refractivity contribution >= 4 is 11.9 Å². The molecule has 0 heterocycles. The largest absolute Gasteiger partial charge is 0.463 e. The summed E-state index contributed by atoms with van der Waals surface area (Å²) in [4.78, 5) is 23.7. The number of aliphatic hydroxyl groups is 2. The van der Waals surface area contributed by atoms with Crippen LogP contribution in [0.25, 0.3) is 0 Å². The summed E-state index contributed by atoms with van der Waals surface area (Å²) < 4.78 is 10.2. The van der Waals surface area contributed by atoms with E-state index in [1.54, 1.807) is 0 Å². The van der Waals surface area contributed by atoms with E-state index in [0.29, 0.717) is 12.8 Å². The molecule has 0 radical (unpaired) electrons. The molecule has 6 nitrogen and oxygen atoms in total. The van der Waals surface area contributed by atoms with E-state index in [1.807, 2.05) is 18.2 Å². The zero-order chi connectivity index (χ0) is 29.7. The summed E-state index contributed by atoms with van der Waals surface area (Å²) in [5.74, 6) is 0.173. The van der Waals surface area contributed by atoms with E-state index in [1.165, 1.54) is 32.1 Å². The summed E-state index contributed by atoms with van der Waals surface area (Å²) in [6.07, 6.45) is 27.9. The van der Waals surface area contributed by atoms with Crippen LogP contribution in [0.2, 0.25) is 0 Å². The molecule has 0 bridgehead atoms. The molecule has 0 spiro atoms. The van der Waals surface area contributed by atoms with Gasteiger partial charge in [-0.05, 0) is 38.0 Å². The molecular weight excluding hydrogens is 504 g/mol. The Morgan fingerprint density at radius 2 is 1.20 bits per heavy atom. The predicted molar refractivity (Wildman–Crippen MR) is 165 cm³/mol. The zero-order valence-corrected chi connectivity index (χ0v) is 25.9. The van der Waals surface area contributed by atoms with E-state index in [9.17, 15) is 19.8 Å². The number of carbonyl (C=O) groups is 2. The van der Waals surface area contributed by atoms with Crippen molar-refractivity contribution in [2.24, 2.45) is 5.92 Å². The smallest absolute Gasteiger partial charge is 0.305 e. The molecule has 0 saturated heterocycles. The molecule has 0 aromatic carbocycles. The van der Waals surface area contributed by atoms with Crippen molar-refractivity contribution < 1.29 is 29.3 Å².